The number of nitrogens with one attached hydrogen (secondary N) is 4. The average molecular weight is 625 g/mol. The summed E-state index contributed by atoms with van der Waals surface area (Å²) in [4.78, 5) is 29.7. The van der Waals surface area contributed by atoms with Crippen molar-refractivity contribution in [3.8, 4) is 33.9 Å². The number of H-pyrrole nitrogens is 2. The summed E-state index contributed by atoms with van der Waals surface area (Å²) < 4.78 is 40.1. The van der Waals surface area contributed by atoms with Gasteiger partial charge in [0.05, 0.1) is 34.9 Å². The van der Waals surface area contributed by atoms with Gasteiger partial charge in [0, 0.05) is 41.4 Å². The predicted molar refractivity (Wildman–Crippen MR) is 170 cm³/mol. The Balaban J connectivity index is 1.22. The maximum atomic E-state index is 14.6. The number of nitrogens with zero attached hydrogens (tertiary/aromatic N) is 4. The zero-order valence-corrected chi connectivity index (χ0v) is 25.1. The van der Waals surface area contributed by atoms with Gasteiger partial charge in [-0.15, -0.1) is 0 Å². The number of carbonyl (C=O) groups excluding carboxylic acids is 1. The van der Waals surface area contributed by atoms with Crippen molar-refractivity contribution in [3.63, 3.8) is 0 Å². The summed E-state index contributed by atoms with van der Waals surface area (Å²) in [6, 6.07) is 13.9. The lowest BCUT2D eigenvalue weighted by Gasteiger charge is -2.11. The third-order valence-electron chi connectivity index (χ3n) is 8.02. The van der Waals surface area contributed by atoms with Crippen LogP contribution in [0.4, 0.5) is 10.1 Å². The van der Waals surface area contributed by atoms with Gasteiger partial charge in [-0.05, 0) is 66.4 Å². The maximum Gasteiger partial charge on any atom is 0.227 e. The molecule has 6 aromatic rings. The third kappa shape index (κ3) is 6.04. The summed E-state index contributed by atoms with van der Waals surface area (Å²) >= 11 is 0. The minimum atomic E-state index is -3.45. The molecule has 2 aromatic carbocycles. The van der Waals surface area contributed by atoms with Crippen LogP contribution >= 0.6 is 0 Å². The molecule has 7 rings (SSSR count). The van der Waals surface area contributed by atoms with Crippen LogP contribution in [0.1, 0.15) is 31.2 Å². The van der Waals surface area contributed by atoms with Crippen LogP contribution < -0.4 is 10.0 Å². The van der Waals surface area contributed by atoms with Gasteiger partial charge < -0.3 is 10.3 Å². The van der Waals surface area contributed by atoms with Crippen molar-refractivity contribution in [1.29, 1.82) is 0 Å². The van der Waals surface area contributed by atoms with Gasteiger partial charge in [-0.3, -0.25) is 19.9 Å². The van der Waals surface area contributed by atoms with E-state index in [2.05, 4.69) is 35.2 Å². The van der Waals surface area contributed by atoms with E-state index in [4.69, 9.17) is 4.98 Å². The molecule has 4 aromatic heterocycles. The van der Waals surface area contributed by atoms with Crippen molar-refractivity contribution in [2.24, 2.45) is 5.92 Å². The van der Waals surface area contributed by atoms with E-state index in [1.54, 1.807) is 30.7 Å². The Bertz CT molecular complexity index is 2190. The zero-order chi connectivity index (χ0) is 31.1. The fraction of sp³-hybridized carbons (Fsp3) is 0.219. The molecule has 1 fully saturated rings. The fourth-order valence-corrected chi connectivity index (χ4v) is 6.26. The molecule has 1 amide bonds. The quantitative estimate of drug-likeness (QED) is 0.173. The number of aromatic amines is 2. The fourth-order valence-electron chi connectivity index (χ4n) is 5.83. The molecule has 1 aliphatic rings. The highest BCUT2D eigenvalue weighted by atomic mass is 32.2. The maximum absolute atomic E-state index is 14.6. The van der Waals surface area contributed by atoms with Crippen LogP contribution in [-0.2, 0) is 21.4 Å². The molecule has 1 aliphatic carbocycles. The molecule has 4 N–H and O–H groups in total. The number of pyridine rings is 2. The highest BCUT2D eigenvalue weighted by molar-refractivity contribution is 7.88. The van der Waals surface area contributed by atoms with Crippen molar-refractivity contribution in [2.75, 3.05) is 11.6 Å². The van der Waals surface area contributed by atoms with E-state index in [9.17, 15) is 17.6 Å². The SMILES string of the molecule is CS(=O)(=O)NCc1cc(F)cc(-c2nccc3[nH]c(-c4n[nH]c5ccc(-c6cncc(NC(=O)C7CCCC7)c6)cc45)nc23)c1. The molecule has 0 spiro atoms. The average Bonchev–Trinajstić information content (AvgIpc) is 3.79. The minimum absolute atomic E-state index is 0.0396. The number of anilines is 1. The Labute approximate surface area is 257 Å². The number of sulfonamides is 1. The first kappa shape index (κ1) is 28.7. The smallest absolute Gasteiger partial charge is 0.227 e. The van der Waals surface area contributed by atoms with Crippen molar-refractivity contribution < 1.29 is 17.6 Å². The lowest BCUT2D eigenvalue weighted by atomic mass is 10.0. The molecular formula is C32H29FN8O3S. The standard InChI is InChI=1S/C32H29FN8O3S/c1-45(43,44)36-15-18-10-21(12-23(33)11-18)28-30-27(8-9-35-28)38-31(39-30)29-25-14-20(6-7-26(25)40-41-29)22-13-24(17-34-16-22)37-32(42)19-4-2-3-5-19/h6-14,16-17,19,36H,2-5,15H2,1H3,(H,37,42)(H,38,39)(H,40,41). The van der Waals surface area contributed by atoms with Crippen LogP contribution in [0.25, 0.3) is 55.8 Å². The first-order chi connectivity index (χ1) is 21.7. The van der Waals surface area contributed by atoms with E-state index in [0.29, 0.717) is 45.1 Å². The van der Waals surface area contributed by atoms with Gasteiger partial charge in [0.15, 0.2) is 5.82 Å². The molecule has 228 valence electrons. The summed E-state index contributed by atoms with van der Waals surface area (Å²) in [6.45, 7) is -0.0572. The number of benzene rings is 2. The number of amides is 1. The van der Waals surface area contributed by atoms with E-state index in [-0.39, 0.29) is 18.4 Å². The second-order valence-electron chi connectivity index (χ2n) is 11.3. The van der Waals surface area contributed by atoms with E-state index in [0.717, 1.165) is 54.0 Å². The molecule has 0 saturated heterocycles. The number of carbonyl (C=O) groups is 1. The number of hydrogen-bond donors (Lipinski definition) is 4. The highest BCUT2D eigenvalue weighted by Crippen LogP contribution is 2.33. The molecule has 45 heavy (non-hydrogen) atoms. The van der Waals surface area contributed by atoms with E-state index in [1.165, 1.54) is 12.1 Å². The van der Waals surface area contributed by atoms with Crippen molar-refractivity contribution >= 4 is 43.6 Å². The molecule has 0 atom stereocenters. The van der Waals surface area contributed by atoms with Crippen LogP contribution in [0.15, 0.2) is 67.1 Å². The summed E-state index contributed by atoms with van der Waals surface area (Å²) in [5, 5.41) is 11.4. The molecule has 13 heteroatoms. The molecular weight excluding hydrogens is 595 g/mol. The van der Waals surface area contributed by atoms with Gasteiger partial charge in [-0.2, -0.15) is 5.10 Å². The van der Waals surface area contributed by atoms with E-state index in [1.807, 2.05) is 24.3 Å². The molecule has 0 unspecified atom stereocenters. The second kappa shape index (κ2) is 11.5. The van der Waals surface area contributed by atoms with E-state index >= 15 is 0 Å². The number of hydrogen-bond acceptors (Lipinski definition) is 7. The Kier molecular flexibility index (Phi) is 7.34. The summed E-state index contributed by atoms with van der Waals surface area (Å²) in [7, 11) is -3.45. The van der Waals surface area contributed by atoms with Crippen molar-refractivity contribution in [2.45, 2.75) is 32.2 Å². The Hall–Kier alpha value is -5.01. The van der Waals surface area contributed by atoms with Crippen LogP contribution in [0, 0.1) is 11.7 Å². The van der Waals surface area contributed by atoms with Crippen LogP contribution in [0.2, 0.25) is 0 Å². The van der Waals surface area contributed by atoms with Crippen LogP contribution in [-0.4, -0.2) is 50.7 Å². The first-order valence-corrected chi connectivity index (χ1v) is 16.4. The predicted octanol–water partition coefficient (Wildman–Crippen LogP) is 5.55. The topological polar surface area (TPSA) is 158 Å². The molecule has 0 radical (unpaired) electrons. The van der Waals surface area contributed by atoms with Crippen molar-refractivity contribution in [1.82, 2.24) is 34.9 Å². The monoisotopic (exact) mass is 624 g/mol. The van der Waals surface area contributed by atoms with Gasteiger partial charge in [-0.1, -0.05) is 18.9 Å². The molecule has 0 aliphatic heterocycles. The third-order valence-corrected chi connectivity index (χ3v) is 8.69. The summed E-state index contributed by atoms with van der Waals surface area (Å²) in [5.74, 6) is 0.0687. The minimum Gasteiger partial charge on any atom is -0.336 e. The highest BCUT2D eigenvalue weighted by Gasteiger charge is 2.23. The van der Waals surface area contributed by atoms with Gasteiger partial charge in [0.1, 0.15) is 17.0 Å². The van der Waals surface area contributed by atoms with Gasteiger partial charge >= 0.3 is 0 Å². The molecule has 4 heterocycles. The zero-order valence-electron chi connectivity index (χ0n) is 24.3. The number of halogens is 1. The Morgan fingerprint density at radius 1 is 0.978 bits per heavy atom. The van der Waals surface area contributed by atoms with Crippen LogP contribution in [0.3, 0.4) is 0 Å². The Morgan fingerprint density at radius 3 is 2.64 bits per heavy atom. The Morgan fingerprint density at radius 2 is 1.82 bits per heavy atom. The number of rotatable bonds is 8. The van der Waals surface area contributed by atoms with E-state index < -0.39 is 15.8 Å². The molecule has 11 nitrogen and oxygen atoms in total. The molecule has 0 bridgehead atoms. The number of imidazole rings is 1. The second-order valence-corrected chi connectivity index (χ2v) is 13.2. The van der Waals surface area contributed by atoms with Gasteiger partial charge in [0.2, 0.25) is 15.9 Å². The lowest BCUT2D eigenvalue weighted by Crippen LogP contribution is -2.21. The molecule has 1 saturated carbocycles. The van der Waals surface area contributed by atoms with Gasteiger partial charge in [0.25, 0.3) is 0 Å². The number of fused-ring (bicyclic) bond motifs is 2. The largest absolute Gasteiger partial charge is 0.336 e. The number of aromatic nitrogens is 6. The normalized spacial score (nSPS) is 14.0. The lowest BCUT2D eigenvalue weighted by molar-refractivity contribution is -0.119. The van der Waals surface area contributed by atoms with Crippen molar-refractivity contribution in [3.05, 3.63) is 78.5 Å². The summed E-state index contributed by atoms with van der Waals surface area (Å²) in [6.07, 6.45) is 10.1. The van der Waals surface area contributed by atoms with Crippen LogP contribution in [0.5, 0.6) is 0 Å². The van der Waals surface area contributed by atoms with Gasteiger partial charge in [-0.25, -0.2) is 22.5 Å². The summed E-state index contributed by atoms with van der Waals surface area (Å²) in [5.41, 5.74) is 6.33. The first-order valence-electron chi connectivity index (χ1n) is 14.5.